The number of nitrogens with zero attached hydrogens (tertiary/aromatic N) is 3. The lowest BCUT2D eigenvalue weighted by molar-refractivity contribution is -0.130. The van der Waals surface area contributed by atoms with Gasteiger partial charge < -0.3 is 9.45 Å². The summed E-state index contributed by atoms with van der Waals surface area (Å²) in [6, 6.07) is 22.1. The van der Waals surface area contributed by atoms with Crippen molar-refractivity contribution in [2.24, 2.45) is 0 Å². The minimum Gasteiger partial charge on any atom is -0.755 e. The molecule has 7 heteroatoms. The Labute approximate surface area is 179 Å². The number of benzene rings is 2. The topological polar surface area (TPSA) is 76.6 Å². The van der Waals surface area contributed by atoms with Crippen molar-refractivity contribution in [1.29, 1.82) is 0 Å². The van der Waals surface area contributed by atoms with E-state index in [0.29, 0.717) is 24.5 Å². The number of hydrogen-bond acceptors (Lipinski definition) is 4. The summed E-state index contributed by atoms with van der Waals surface area (Å²) in [6.07, 6.45) is 0.127. The Balaban J connectivity index is 1.86. The van der Waals surface area contributed by atoms with Gasteiger partial charge in [-0.1, -0.05) is 48.5 Å². The van der Waals surface area contributed by atoms with E-state index in [9.17, 15) is 13.6 Å². The number of pyridine rings is 1. The maximum Gasteiger partial charge on any atom is 0.228 e. The van der Waals surface area contributed by atoms with E-state index in [1.165, 1.54) is 0 Å². The number of hydrogen-bond donors (Lipinski definition) is 0. The third kappa shape index (κ3) is 5.11. The Morgan fingerprint density at radius 2 is 1.53 bits per heavy atom. The highest BCUT2D eigenvalue weighted by Crippen LogP contribution is 2.28. The average molecular weight is 423 g/mol. The van der Waals surface area contributed by atoms with Crippen molar-refractivity contribution in [2.75, 3.05) is 17.4 Å². The molecule has 0 aliphatic carbocycles. The van der Waals surface area contributed by atoms with Crippen LogP contribution in [-0.4, -0.2) is 37.6 Å². The first-order chi connectivity index (χ1) is 14.5. The molecule has 0 bridgehead atoms. The van der Waals surface area contributed by atoms with Crippen molar-refractivity contribution in [3.63, 3.8) is 0 Å². The second-order valence-electron chi connectivity index (χ2n) is 6.65. The van der Waals surface area contributed by atoms with E-state index >= 15 is 0 Å². The highest BCUT2D eigenvalue weighted by atomic mass is 32.2. The number of aromatic nitrogens is 1. The minimum atomic E-state index is -2.56. The second-order valence-corrected chi connectivity index (χ2v) is 7.45. The molecule has 6 nitrogen and oxygen atoms in total. The fourth-order valence-electron chi connectivity index (χ4n) is 3.24. The maximum atomic E-state index is 12.4. The molecule has 3 rings (SSSR count). The molecule has 0 spiro atoms. The Morgan fingerprint density at radius 3 is 2.13 bits per heavy atom. The highest BCUT2D eigenvalue weighted by molar-refractivity contribution is 7.81. The third-order valence-electron chi connectivity index (χ3n) is 4.81. The highest BCUT2D eigenvalue weighted by Gasteiger charge is 2.15. The van der Waals surface area contributed by atoms with Crippen LogP contribution in [-0.2, 0) is 22.5 Å². The first kappa shape index (κ1) is 21.7. The molecule has 156 valence electrons. The normalized spacial score (nSPS) is 11.7. The molecular weight excluding hydrogens is 398 g/mol. The van der Waals surface area contributed by atoms with Crippen LogP contribution in [0.15, 0.2) is 72.8 Å². The molecule has 2 aromatic carbocycles. The predicted molar refractivity (Wildman–Crippen MR) is 119 cm³/mol. The Morgan fingerprint density at radius 1 is 0.900 bits per heavy atom. The van der Waals surface area contributed by atoms with Gasteiger partial charge in [-0.3, -0.25) is 13.3 Å². The van der Waals surface area contributed by atoms with Crippen molar-refractivity contribution in [1.82, 2.24) is 9.88 Å². The van der Waals surface area contributed by atoms with Gasteiger partial charge in [0, 0.05) is 13.1 Å². The summed E-state index contributed by atoms with van der Waals surface area (Å²) in [6.45, 7) is 5.10. The van der Waals surface area contributed by atoms with Crippen LogP contribution in [0.1, 0.15) is 19.5 Å². The maximum absolute atomic E-state index is 12.4. The molecule has 30 heavy (non-hydrogen) atoms. The molecule has 0 fully saturated rings. The van der Waals surface area contributed by atoms with Gasteiger partial charge in [0.05, 0.1) is 29.1 Å². The van der Waals surface area contributed by atoms with Crippen LogP contribution in [0.5, 0.6) is 0 Å². The van der Waals surface area contributed by atoms with Crippen molar-refractivity contribution in [2.45, 2.75) is 20.3 Å². The van der Waals surface area contributed by atoms with Crippen LogP contribution < -0.4 is 4.31 Å². The van der Waals surface area contributed by atoms with Crippen LogP contribution in [0.4, 0.5) is 11.5 Å². The summed E-state index contributed by atoms with van der Waals surface area (Å²) in [4.78, 5) is 18.5. The summed E-state index contributed by atoms with van der Waals surface area (Å²) < 4.78 is 25.1. The van der Waals surface area contributed by atoms with Crippen LogP contribution in [0, 0.1) is 0 Å². The fourth-order valence-corrected chi connectivity index (χ4v) is 3.78. The van der Waals surface area contributed by atoms with Gasteiger partial charge in [0.2, 0.25) is 5.91 Å². The van der Waals surface area contributed by atoms with E-state index in [1.807, 2.05) is 56.3 Å². The van der Waals surface area contributed by atoms with E-state index < -0.39 is 11.3 Å². The molecule has 1 unspecified atom stereocenters. The summed E-state index contributed by atoms with van der Waals surface area (Å²) in [5.41, 5.74) is 3.04. The summed E-state index contributed by atoms with van der Waals surface area (Å²) in [7, 11) is 0. The first-order valence-corrected chi connectivity index (χ1v) is 10.8. The number of amides is 1. The molecule has 0 saturated heterocycles. The number of carbonyl (C=O) groups excluding carboxylic acids is 1. The van der Waals surface area contributed by atoms with Crippen molar-refractivity contribution >= 4 is 28.7 Å². The zero-order valence-electron chi connectivity index (χ0n) is 17.0. The van der Waals surface area contributed by atoms with Crippen LogP contribution in [0.3, 0.4) is 0 Å². The Hall–Kier alpha value is -3.03. The fraction of sp³-hybridized carbons (Fsp3) is 0.217. The minimum absolute atomic E-state index is 0.0355. The van der Waals surface area contributed by atoms with E-state index in [4.69, 9.17) is 0 Å². The SMILES string of the molecule is CCN(CC)C(=O)Cc1cccc(N(c2ccc(-c3ccccc3)cc2)S(=O)[O-])n1. The molecule has 0 radical (unpaired) electrons. The molecular formula is C23H24N3O3S-. The monoisotopic (exact) mass is 422 g/mol. The molecule has 0 aliphatic rings. The van der Waals surface area contributed by atoms with Gasteiger partial charge in [-0.25, -0.2) is 4.98 Å². The lowest BCUT2D eigenvalue weighted by Gasteiger charge is -2.26. The quantitative estimate of drug-likeness (QED) is 0.512. The molecule has 3 aromatic rings. The number of carbonyl (C=O) groups is 1. The number of likely N-dealkylation sites (N-methyl/N-ethyl adjacent to an activating group) is 1. The van der Waals surface area contributed by atoms with E-state index in [2.05, 4.69) is 4.98 Å². The summed E-state index contributed by atoms with van der Waals surface area (Å²) >= 11 is -2.56. The first-order valence-electron chi connectivity index (χ1n) is 9.82. The summed E-state index contributed by atoms with van der Waals surface area (Å²) in [5.74, 6) is 0.215. The lowest BCUT2D eigenvalue weighted by atomic mass is 10.1. The van der Waals surface area contributed by atoms with Crippen molar-refractivity contribution < 1.29 is 13.6 Å². The van der Waals surface area contributed by atoms with Crippen molar-refractivity contribution in [3.05, 3.63) is 78.5 Å². The predicted octanol–water partition coefficient (Wildman–Crippen LogP) is 4.09. The van der Waals surface area contributed by atoms with E-state index in [-0.39, 0.29) is 18.1 Å². The molecule has 1 amide bonds. The Kier molecular flexibility index (Phi) is 7.32. The molecule has 1 aromatic heterocycles. The van der Waals surface area contributed by atoms with Gasteiger partial charge in [-0.05, 0) is 49.2 Å². The lowest BCUT2D eigenvalue weighted by Crippen LogP contribution is -2.32. The molecule has 1 atom stereocenters. The molecule has 0 aliphatic heterocycles. The van der Waals surface area contributed by atoms with Gasteiger partial charge in [-0.2, -0.15) is 0 Å². The van der Waals surface area contributed by atoms with Gasteiger partial charge in [0.1, 0.15) is 5.82 Å². The zero-order chi connectivity index (χ0) is 21.5. The molecule has 1 heterocycles. The van der Waals surface area contributed by atoms with Gasteiger partial charge in [-0.15, -0.1) is 0 Å². The van der Waals surface area contributed by atoms with Crippen molar-refractivity contribution in [3.8, 4) is 11.1 Å². The average Bonchev–Trinajstić information content (AvgIpc) is 2.76. The standard InChI is InChI=1S/C23H25N3O3S/c1-3-25(4-2)23(27)17-20-11-8-12-22(24-20)26(30(28)29)21-15-13-19(14-16-21)18-9-6-5-7-10-18/h5-16H,3-4,17H2,1-2H3,(H,28,29)/p-1. The van der Waals surface area contributed by atoms with Gasteiger partial charge in [0.15, 0.2) is 0 Å². The third-order valence-corrected chi connectivity index (χ3v) is 5.50. The van der Waals surface area contributed by atoms with Crippen LogP contribution in [0.2, 0.25) is 0 Å². The van der Waals surface area contributed by atoms with Crippen LogP contribution in [0.25, 0.3) is 11.1 Å². The van der Waals surface area contributed by atoms with Crippen LogP contribution >= 0.6 is 0 Å². The summed E-state index contributed by atoms with van der Waals surface area (Å²) in [5, 5.41) is 0. The smallest absolute Gasteiger partial charge is 0.228 e. The largest absolute Gasteiger partial charge is 0.755 e. The van der Waals surface area contributed by atoms with Gasteiger partial charge in [0.25, 0.3) is 0 Å². The number of rotatable bonds is 8. The molecule has 0 N–H and O–H groups in total. The molecule has 0 saturated carbocycles. The zero-order valence-corrected chi connectivity index (χ0v) is 17.8. The number of anilines is 2. The van der Waals surface area contributed by atoms with Gasteiger partial charge >= 0.3 is 0 Å². The van der Waals surface area contributed by atoms with E-state index in [0.717, 1.165) is 15.4 Å². The second kappa shape index (κ2) is 10.1. The van der Waals surface area contributed by atoms with E-state index in [1.54, 1.807) is 35.2 Å². The Bertz CT molecular complexity index is 1010.